The van der Waals surface area contributed by atoms with E-state index >= 15 is 0 Å². The summed E-state index contributed by atoms with van der Waals surface area (Å²) in [6.45, 7) is 4.86. The maximum atomic E-state index is 12.0. The minimum atomic E-state index is -0.0317. The van der Waals surface area contributed by atoms with E-state index in [0.717, 1.165) is 37.5 Å². The fraction of sp³-hybridized carbons (Fsp3) is 0.529. The number of hydrogen-bond acceptors (Lipinski definition) is 3. The molecule has 0 aliphatic carbocycles. The van der Waals surface area contributed by atoms with E-state index in [0.29, 0.717) is 18.7 Å². The summed E-state index contributed by atoms with van der Waals surface area (Å²) in [5, 5.41) is 9.34. The van der Waals surface area contributed by atoms with Gasteiger partial charge in [-0.3, -0.25) is 9.79 Å². The lowest BCUT2D eigenvalue weighted by Gasteiger charge is -2.12. The summed E-state index contributed by atoms with van der Waals surface area (Å²) >= 11 is 0. The van der Waals surface area contributed by atoms with Gasteiger partial charge in [-0.05, 0) is 30.5 Å². The normalized spacial score (nSPS) is 11.2. The van der Waals surface area contributed by atoms with Crippen LogP contribution in [0, 0.1) is 0 Å². The number of methoxy groups -OCH3 is 1. The van der Waals surface area contributed by atoms with Crippen molar-refractivity contribution in [1.82, 2.24) is 16.0 Å². The van der Waals surface area contributed by atoms with E-state index in [1.165, 1.54) is 0 Å². The van der Waals surface area contributed by atoms with Crippen molar-refractivity contribution >= 4 is 11.9 Å². The minimum absolute atomic E-state index is 0.0317. The molecular formula is C17H28N4O2. The molecule has 0 radical (unpaired) electrons. The first-order valence-electron chi connectivity index (χ1n) is 8.01. The molecule has 0 bridgehead atoms. The molecule has 23 heavy (non-hydrogen) atoms. The third-order valence-corrected chi connectivity index (χ3v) is 3.23. The van der Waals surface area contributed by atoms with Gasteiger partial charge in [0.1, 0.15) is 0 Å². The second kappa shape index (κ2) is 11.5. The molecule has 1 amide bonds. The Balaban J connectivity index is 2.48. The number of ether oxygens (including phenoxy) is 1. The Kier molecular flexibility index (Phi) is 9.47. The highest BCUT2D eigenvalue weighted by Crippen LogP contribution is 2.05. The number of amides is 1. The topological polar surface area (TPSA) is 74.8 Å². The zero-order valence-corrected chi connectivity index (χ0v) is 14.3. The van der Waals surface area contributed by atoms with Crippen molar-refractivity contribution in [2.75, 3.05) is 33.9 Å². The summed E-state index contributed by atoms with van der Waals surface area (Å²) in [4.78, 5) is 16.1. The van der Waals surface area contributed by atoms with E-state index in [1.54, 1.807) is 14.2 Å². The van der Waals surface area contributed by atoms with Gasteiger partial charge in [-0.15, -0.1) is 0 Å². The third kappa shape index (κ3) is 7.65. The fourth-order valence-corrected chi connectivity index (χ4v) is 1.99. The van der Waals surface area contributed by atoms with Crippen molar-refractivity contribution in [2.45, 2.75) is 26.3 Å². The predicted octanol–water partition coefficient (Wildman–Crippen LogP) is 1.53. The SMILES string of the molecule is CCCNC(=O)c1cccc(CNC(=NC)NCCCOC)c1. The highest BCUT2D eigenvalue weighted by molar-refractivity contribution is 5.94. The Hall–Kier alpha value is -2.08. The number of nitrogens with one attached hydrogen (secondary N) is 3. The molecule has 0 aromatic heterocycles. The molecule has 0 heterocycles. The van der Waals surface area contributed by atoms with Crippen molar-refractivity contribution in [3.05, 3.63) is 35.4 Å². The molecule has 0 saturated carbocycles. The lowest BCUT2D eigenvalue weighted by atomic mass is 10.1. The summed E-state index contributed by atoms with van der Waals surface area (Å²) in [5.74, 6) is 0.706. The molecule has 0 unspecified atom stereocenters. The molecule has 0 fully saturated rings. The van der Waals surface area contributed by atoms with E-state index in [4.69, 9.17) is 4.74 Å². The van der Waals surface area contributed by atoms with Crippen LogP contribution in [0.5, 0.6) is 0 Å². The van der Waals surface area contributed by atoms with Crippen molar-refractivity contribution in [2.24, 2.45) is 4.99 Å². The van der Waals surface area contributed by atoms with E-state index in [9.17, 15) is 4.79 Å². The van der Waals surface area contributed by atoms with Gasteiger partial charge in [0, 0.05) is 46.0 Å². The first kappa shape index (κ1) is 19.0. The van der Waals surface area contributed by atoms with Gasteiger partial charge >= 0.3 is 0 Å². The lowest BCUT2D eigenvalue weighted by molar-refractivity contribution is 0.0953. The number of aliphatic imine (C=N–C) groups is 1. The number of nitrogens with zero attached hydrogens (tertiary/aromatic N) is 1. The molecule has 128 valence electrons. The number of carbonyl (C=O) groups is 1. The molecule has 6 nitrogen and oxygen atoms in total. The van der Waals surface area contributed by atoms with Crippen LogP contribution in [0.3, 0.4) is 0 Å². The maximum Gasteiger partial charge on any atom is 0.251 e. The smallest absolute Gasteiger partial charge is 0.251 e. The van der Waals surface area contributed by atoms with Crippen LogP contribution in [0.1, 0.15) is 35.7 Å². The largest absolute Gasteiger partial charge is 0.385 e. The third-order valence-electron chi connectivity index (χ3n) is 3.23. The molecular weight excluding hydrogens is 292 g/mol. The van der Waals surface area contributed by atoms with Crippen LogP contribution in [0.4, 0.5) is 0 Å². The van der Waals surface area contributed by atoms with Gasteiger partial charge in [-0.1, -0.05) is 19.1 Å². The number of rotatable bonds is 9. The number of carbonyl (C=O) groups excluding carboxylic acids is 1. The number of benzene rings is 1. The lowest BCUT2D eigenvalue weighted by Crippen LogP contribution is -2.37. The van der Waals surface area contributed by atoms with Gasteiger partial charge in [-0.25, -0.2) is 0 Å². The second-order valence-electron chi connectivity index (χ2n) is 5.16. The summed E-state index contributed by atoms with van der Waals surface area (Å²) in [7, 11) is 3.43. The zero-order valence-electron chi connectivity index (χ0n) is 14.3. The molecule has 0 spiro atoms. The average molecular weight is 320 g/mol. The Bertz CT molecular complexity index is 503. The quantitative estimate of drug-likeness (QED) is 0.366. The van der Waals surface area contributed by atoms with E-state index < -0.39 is 0 Å². The Morgan fingerprint density at radius 2 is 2.04 bits per heavy atom. The van der Waals surface area contributed by atoms with Gasteiger partial charge < -0.3 is 20.7 Å². The summed E-state index contributed by atoms with van der Waals surface area (Å²) < 4.78 is 5.01. The van der Waals surface area contributed by atoms with Crippen molar-refractivity contribution < 1.29 is 9.53 Å². The van der Waals surface area contributed by atoms with E-state index in [-0.39, 0.29) is 5.91 Å². The van der Waals surface area contributed by atoms with Crippen LogP contribution >= 0.6 is 0 Å². The molecule has 0 atom stereocenters. The van der Waals surface area contributed by atoms with Crippen LogP contribution in [-0.2, 0) is 11.3 Å². The van der Waals surface area contributed by atoms with Gasteiger partial charge in [0.25, 0.3) is 5.91 Å². The van der Waals surface area contributed by atoms with E-state index in [2.05, 4.69) is 20.9 Å². The summed E-state index contributed by atoms with van der Waals surface area (Å²) in [6, 6.07) is 7.61. The molecule has 0 saturated heterocycles. The number of hydrogen-bond donors (Lipinski definition) is 3. The number of guanidine groups is 1. The van der Waals surface area contributed by atoms with Crippen LogP contribution in [0.2, 0.25) is 0 Å². The Labute approximate surface area is 138 Å². The van der Waals surface area contributed by atoms with Crippen molar-refractivity contribution in [1.29, 1.82) is 0 Å². The van der Waals surface area contributed by atoms with Gasteiger partial charge in [0.2, 0.25) is 0 Å². The molecule has 3 N–H and O–H groups in total. The van der Waals surface area contributed by atoms with Crippen LogP contribution in [-0.4, -0.2) is 45.7 Å². The molecule has 0 aliphatic heterocycles. The predicted molar refractivity (Wildman–Crippen MR) is 93.8 cm³/mol. The van der Waals surface area contributed by atoms with Gasteiger partial charge in [0.15, 0.2) is 5.96 Å². The highest BCUT2D eigenvalue weighted by atomic mass is 16.5. The van der Waals surface area contributed by atoms with Crippen LogP contribution < -0.4 is 16.0 Å². The minimum Gasteiger partial charge on any atom is -0.385 e. The Morgan fingerprint density at radius 3 is 2.74 bits per heavy atom. The summed E-state index contributed by atoms with van der Waals surface area (Å²) in [6.07, 6.45) is 1.85. The maximum absolute atomic E-state index is 12.0. The van der Waals surface area contributed by atoms with Gasteiger partial charge in [-0.2, -0.15) is 0 Å². The van der Waals surface area contributed by atoms with Crippen LogP contribution in [0.25, 0.3) is 0 Å². The molecule has 6 heteroatoms. The standard InChI is InChI=1S/C17H28N4O2/c1-4-9-19-16(22)15-8-5-7-14(12-15)13-21-17(18-2)20-10-6-11-23-3/h5,7-8,12H,4,6,9-11,13H2,1-3H3,(H,19,22)(H2,18,20,21). The molecule has 1 aromatic rings. The van der Waals surface area contributed by atoms with Crippen molar-refractivity contribution in [3.63, 3.8) is 0 Å². The first-order valence-corrected chi connectivity index (χ1v) is 8.01. The zero-order chi connectivity index (χ0) is 16.9. The monoisotopic (exact) mass is 320 g/mol. The molecule has 0 aliphatic rings. The second-order valence-corrected chi connectivity index (χ2v) is 5.16. The Morgan fingerprint density at radius 1 is 1.22 bits per heavy atom. The molecule has 1 rings (SSSR count). The average Bonchev–Trinajstić information content (AvgIpc) is 2.59. The highest BCUT2D eigenvalue weighted by Gasteiger charge is 2.05. The molecule has 1 aromatic carbocycles. The summed E-state index contributed by atoms with van der Waals surface area (Å²) in [5.41, 5.74) is 1.72. The van der Waals surface area contributed by atoms with Gasteiger partial charge in [0.05, 0.1) is 0 Å². The van der Waals surface area contributed by atoms with Crippen LogP contribution in [0.15, 0.2) is 29.3 Å². The van der Waals surface area contributed by atoms with Crippen molar-refractivity contribution in [3.8, 4) is 0 Å². The van der Waals surface area contributed by atoms with E-state index in [1.807, 2.05) is 31.2 Å². The fourth-order valence-electron chi connectivity index (χ4n) is 1.99. The first-order chi connectivity index (χ1) is 11.2.